The van der Waals surface area contributed by atoms with Gasteiger partial charge in [-0.05, 0) is 28.8 Å². The summed E-state index contributed by atoms with van der Waals surface area (Å²) < 4.78 is 0. The smallest absolute Gasteiger partial charge is 0.0273 e. The van der Waals surface area contributed by atoms with Crippen LogP contribution in [-0.4, -0.2) is 4.98 Å². The predicted molar refractivity (Wildman–Crippen MR) is 70.7 cm³/mol. The van der Waals surface area contributed by atoms with Crippen molar-refractivity contribution in [1.29, 1.82) is 0 Å². The monoisotopic (exact) mass is 219 g/mol. The molecule has 1 heterocycles. The summed E-state index contributed by atoms with van der Waals surface area (Å²) in [7, 11) is 0. The molecule has 0 amide bonds. The molecule has 0 radical (unpaired) electrons. The second-order valence-corrected chi connectivity index (χ2v) is 4.15. The van der Waals surface area contributed by atoms with Crippen LogP contribution in [0.5, 0.6) is 0 Å². The lowest BCUT2D eigenvalue weighted by atomic mass is 9.98. The molecule has 1 nitrogen and oxygen atoms in total. The van der Waals surface area contributed by atoms with Crippen LogP contribution in [0.25, 0.3) is 11.1 Å². The predicted octanol–water partition coefficient (Wildman–Crippen LogP) is 3.96. The zero-order valence-electron chi connectivity index (χ0n) is 9.45. The largest absolute Gasteiger partial charge is 0.265 e. The molecule has 0 unspecified atom stereocenters. The highest BCUT2D eigenvalue weighted by atomic mass is 14.6. The van der Waals surface area contributed by atoms with E-state index in [1.165, 1.54) is 16.7 Å². The number of hydrogen-bond acceptors (Lipinski definition) is 1. The summed E-state index contributed by atoms with van der Waals surface area (Å²) in [6.45, 7) is 0. The van der Waals surface area contributed by atoms with E-state index in [0.717, 1.165) is 0 Å². The number of pyridine rings is 1. The van der Waals surface area contributed by atoms with Gasteiger partial charge in [0.1, 0.15) is 0 Å². The first-order valence-electron chi connectivity index (χ1n) is 5.79. The lowest BCUT2D eigenvalue weighted by Gasteiger charge is -2.07. The highest BCUT2D eigenvalue weighted by Gasteiger charge is 2.06. The van der Waals surface area contributed by atoms with E-state index in [0.29, 0.717) is 5.92 Å². The van der Waals surface area contributed by atoms with Crippen molar-refractivity contribution in [2.45, 2.75) is 5.92 Å². The second-order valence-electron chi connectivity index (χ2n) is 4.15. The van der Waals surface area contributed by atoms with Crippen LogP contribution in [0.3, 0.4) is 0 Å². The van der Waals surface area contributed by atoms with Crippen LogP contribution < -0.4 is 0 Å². The standard InChI is InChI=1S/C16H13N/c1-2-4-13(3-1)14-5-7-15(8-6-14)16-9-11-17-12-10-16/h1-13H. The number of hydrogen-bond donors (Lipinski definition) is 0. The Morgan fingerprint density at radius 3 is 1.94 bits per heavy atom. The van der Waals surface area contributed by atoms with E-state index >= 15 is 0 Å². The first-order chi connectivity index (χ1) is 8.43. The molecular formula is C16H13N. The van der Waals surface area contributed by atoms with Crippen LogP contribution in [-0.2, 0) is 0 Å². The Bertz CT molecular complexity index is 538. The molecule has 0 aliphatic heterocycles. The minimum atomic E-state index is 0.446. The summed E-state index contributed by atoms with van der Waals surface area (Å²) in [5.41, 5.74) is 3.79. The summed E-state index contributed by atoms with van der Waals surface area (Å²) in [5, 5.41) is 0. The summed E-state index contributed by atoms with van der Waals surface area (Å²) in [6.07, 6.45) is 12.3. The molecule has 1 aromatic carbocycles. The molecule has 1 aliphatic rings. The molecular weight excluding hydrogens is 206 g/mol. The third kappa shape index (κ3) is 2.04. The van der Waals surface area contributed by atoms with Gasteiger partial charge in [0, 0.05) is 18.3 Å². The maximum absolute atomic E-state index is 4.03. The van der Waals surface area contributed by atoms with Gasteiger partial charge in [0.2, 0.25) is 0 Å². The van der Waals surface area contributed by atoms with Gasteiger partial charge in [-0.3, -0.25) is 4.98 Å². The van der Waals surface area contributed by atoms with Crippen molar-refractivity contribution in [3.05, 3.63) is 78.7 Å². The van der Waals surface area contributed by atoms with Crippen LogP contribution >= 0.6 is 0 Å². The van der Waals surface area contributed by atoms with Gasteiger partial charge in [-0.15, -0.1) is 0 Å². The normalized spacial score (nSPS) is 14.4. The van der Waals surface area contributed by atoms with Crippen LogP contribution in [0.2, 0.25) is 0 Å². The summed E-state index contributed by atoms with van der Waals surface area (Å²) in [6, 6.07) is 12.8. The number of aromatic nitrogens is 1. The van der Waals surface area contributed by atoms with E-state index in [1.807, 2.05) is 24.5 Å². The van der Waals surface area contributed by atoms with Gasteiger partial charge in [-0.25, -0.2) is 0 Å². The van der Waals surface area contributed by atoms with Crippen LogP contribution in [0, 0.1) is 0 Å². The van der Waals surface area contributed by atoms with Crippen molar-refractivity contribution in [2.24, 2.45) is 0 Å². The molecule has 0 N–H and O–H groups in total. The SMILES string of the molecule is C1=CC(c2ccc(-c3ccncc3)cc2)C=C1. The first kappa shape index (κ1) is 10.0. The Morgan fingerprint density at radius 2 is 1.29 bits per heavy atom. The van der Waals surface area contributed by atoms with E-state index in [4.69, 9.17) is 0 Å². The Hall–Kier alpha value is -2.15. The minimum absolute atomic E-state index is 0.446. The number of allylic oxidation sites excluding steroid dienone is 4. The molecule has 0 spiro atoms. The van der Waals surface area contributed by atoms with Gasteiger partial charge >= 0.3 is 0 Å². The van der Waals surface area contributed by atoms with Crippen LogP contribution in [0.15, 0.2) is 73.1 Å². The van der Waals surface area contributed by atoms with Crippen molar-refractivity contribution < 1.29 is 0 Å². The average Bonchev–Trinajstić information content (AvgIpc) is 2.94. The fourth-order valence-electron chi connectivity index (χ4n) is 2.10. The van der Waals surface area contributed by atoms with Gasteiger partial charge in [0.25, 0.3) is 0 Å². The molecule has 1 aromatic heterocycles. The zero-order valence-corrected chi connectivity index (χ0v) is 9.45. The quantitative estimate of drug-likeness (QED) is 0.745. The first-order valence-corrected chi connectivity index (χ1v) is 5.79. The van der Waals surface area contributed by atoms with Crippen LogP contribution in [0.4, 0.5) is 0 Å². The van der Waals surface area contributed by atoms with Crippen molar-refractivity contribution in [3.63, 3.8) is 0 Å². The minimum Gasteiger partial charge on any atom is -0.265 e. The maximum Gasteiger partial charge on any atom is 0.0273 e. The number of nitrogens with zero attached hydrogens (tertiary/aromatic N) is 1. The van der Waals surface area contributed by atoms with Crippen molar-refractivity contribution >= 4 is 0 Å². The molecule has 0 atom stereocenters. The molecule has 0 fully saturated rings. The van der Waals surface area contributed by atoms with Crippen molar-refractivity contribution in [1.82, 2.24) is 4.98 Å². The lowest BCUT2D eigenvalue weighted by molar-refractivity contribution is 1.10. The molecule has 17 heavy (non-hydrogen) atoms. The number of rotatable bonds is 2. The molecule has 82 valence electrons. The topological polar surface area (TPSA) is 12.9 Å². The molecule has 2 aromatic rings. The van der Waals surface area contributed by atoms with E-state index in [-0.39, 0.29) is 0 Å². The lowest BCUT2D eigenvalue weighted by Crippen LogP contribution is -1.88. The molecule has 0 saturated carbocycles. The summed E-state index contributed by atoms with van der Waals surface area (Å²) >= 11 is 0. The number of benzene rings is 1. The fourth-order valence-corrected chi connectivity index (χ4v) is 2.10. The van der Waals surface area contributed by atoms with E-state index in [9.17, 15) is 0 Å². The zero-order chi connectivity index (χ0) is 11.5. The molecule has 1 heteroatoms. The summed E-state index contributed by atoms with van der Waals surface area (Å²) in [5.74, 6) is 0.446. The summed E-state index contributed by atoms with van der Waals surface area (Å²) in [4.78, 5) is 4.03. The van der Waals surface area contributed by atoms with Gasteiger partial charge in [-0.1, -0.05) is 48.6 Å². The van der Waals surface area contributed by atoms with Gasteiger partial charge in [-0.2, -0.15) is 0 Å². The van der Waals surface area contributed by atoms with Crippen molar-refractivity contribution in [2.75, 3.05) is 0 Å². The Labute approximate surface area is 101 Å². The fraction of sp³-hybridized carbons (Fsp3) is 0.0625. The Kier molecular flexibility index (Phi) is 2.59. The third-order valence-electron chi connectivity index (χ3n) is 3.06. The molecule has 1 aliphatic carbocycles. The average molecular weight is 219 g/mol. The van der Waals surface area contributed by atoms with E-state index in [2.05, 4.69) is 53.6 Å². The van der Waals surface area contributed by atoms with Gasteiger partial charge in [0.05, 0.1) is 0 Å². The Morgan fingerprint density at radius 1 is 0.706 bits per heavy atom. The van der Waals surface area contributed by atoms with Gasteiger partial charge < -0.3 is 0 Å². The van der Waals surface area contributed by atoms with E-state index < -0.39 is 0 Å². The highest BCUT2D eigenvalue weighted by molar-refractivity contribution is 5.63. The van der Waals surface area contributed by atoms with E-state index in [1.54, 1.807) is 0 Å². The second kappa shape index (κ2) is 4.38. The van der Waals surface area contributed by atoms with Gasteiger partial charge in [0.15, 0.2) is 0 Å². The highest BCUT2D eigenvalue weighted by Crippen LogP contribution is 2.25. The van der Waals surface area contributed by atoms with Crippen LogP contribution in [0.1, 0.15) is 11.5 Å². The third-order valence-corrected chi connectivity index (χ3v) is 3.06. The Balaban J connectivity index is 1.90. The molecule has 3 rings (SSSR count). The maximum atomic E-state index is 4.03. The molecule has 0 bridgehead atoms. The van der Waals surface area contributed by atoms with Crippen molar-refractivity contribution in [3.8, 4) is 11.1 Å². The molecule has 0 saturated heterocycles.